The average Bonchev–Trinajstić information content (AvgIpc) is 2.05. The molecule has 4 heteroatoms. The van der Waals surface area contributed by atoms with E-state index >= 15 is 0 Å². The zero-order chi connectivity index (χ0) is 8.97. The monoisotopic (exact) mass is 172 g/mol. The first-order valence-electron chi connectivity index (χ1n) is 4.31. The van der Waals surface area contributed by atoms with Crippen molar-refractivity contribution >= 4 is 5.91 Å². The van der Waals surface area contributed by atoms with Gasteiger partial charge in [0.15, 0.2) is 0 Å². The lowest BCUT2D eigenvalue weighted by Gasteiger charge is -2.31. The first-order chi connectivity index (χ1) is 5.74. The Balaban J connectivity index is 2.35. The van der Waals surface area contributed by atoms with Gasteiger partial charge in [0.25, 0.3) is 0 Å². The summed E-state index contributed by atoms with van der Waals surface area (Å²) < 4.78 is 0. The van der Waals surface area contributed by atoms with Crippen LogP contribution in [0.25, 0.3) is 0 Å². The Bertz CT molecular complexity index is 159. The van der Waals surface area contributed by atoms with Crippen LogP contribution >= 0.6 is 0 Å². The van der Waals surface area contributed by atoms with Crippen molar-refractivity contribution in [3.63, 3.8) is 0 Å². The van der Waals surface area contributed by atoms with Crippen molar-refractivity contribution in [2.75, 3.05) is 19.7 Å². The molecule has 0 aromatic rings. The van der Waals surface area contributed by atoms with Crippen molar-refractivity contribution in [1.82, 2.24) is 4.90 Å². The topological polar surface area (TPSA) is 55.6 Å². The second-order valence-corrected chi connectivity index (χ2v) is 3.31. The van der Waals surface area contributed by atoms with E-state index in [0.29, 0.717) is 12.5 Å². The van der Waals surface area contributed by atoms with Gasteiger partial charge in [-0.05, 0) is 12.8 Å². The van der Waals surface area contributed by atoms with Gasteiger partial charge in [-0.3, -0.25) is 4.79 Å². The number of piperidine rings is 1. The highest BCUT2D eigenvalue weighted by molar-refractivity contribution is 5.73. The Morgan fingerprint density at radius 1 is 1.75 bits per heavy atom. The van der Waals surface area contributed by atoms with Gasteiger partial charge in [-0.2, -0.15) is 0 Å². The van der Waals surface area contributed by atoms with Crippen molar-refractivity contribution in [2.45, 2.75) is 19.8 Å². The predicted molar refractivity (Wildman–Crippen MR) is 45.1 cm³/mol. The number of amides is 1. The van der Waals surface area contributed by atoms with Crippen LogP contribution in [-0.2, 0) is 9.63 Å². The molecule has 0 aliphatic carbocycles. The van der Waals surface area contributed by atoms with Crippen LogP contribution in [0.5, 0.6) is 0 Å². The van der Waals surface area contributed by atoms with Crippen molar-refractivity contribution in [3.05, 3.63) is 0 Å². The summed E-state index contributed by atoms with van der Waals surface area (Å²) in [5.74, 6) is 5.55. The number of likely N-dealkylation sites (tertiary alicyclic amines) is 1. The van der Waals surface area contributed by atoms with Crippen LogP contribution in [0.1, 0.15) is 19.8 Å². The van der Waals surface area contributed by atoms with E-state index in [2.05, 4.69) is 4.84 Å². The van der Waals surface area contributed by atoms with Gasteiger partial charge >= 0.3 is 0 Å². The van der Waals surface area contributed by atoms with E-state index in [9.17, 15) is 4.79 Å². The first-order valence-corrected chi connectivity index (χ1v) is 4.31. The van der Waals surface area contributed by atoms with E-state index in [1.807, 2.05) is 4.90 Å². The van der Waals surface area contributed by atoms with Gasteiger partial charge in [0.2, 0.25) is 5.91 Å². The molecule has 1 heterocycles. The molecule has 1 unspecified atom stereocenters. The van der Waals surface area contributed by atoms with Crippen molar-refractivity contribution in [2.24, 2.45) is 11.8 Å². The Labute approximate surface area is 72.6 Å². The molecule has 0 aromatic carbocycles. The van der Waals surface area contributed by atoms with Crippen molar-refractivity contribution in [3.8, 4) is 0 Å². The standard InChI is InChI=1S/C8H16N2O2/c1-7(11)10-4-2-3-8(5-10)6-12-9/h8H,2-6,9H2,1H3. The molecule has 1 atom stereocenters. The van der Waals surface area contributed by atoms with Gasteiger partial charge in [0.1, 0.15) is 0 Å². The fraction of sp³-hybridized carbons (Fsp3) is 0.875. The second-order valence-electron chi connectivity index (χ2n) is 3.31. The maximum Gasteiger partial charge on any atom is 0.219 e. The minimum atomic E-state index is 0.150. The maximum atomic E-state index is 11.0. The summed E-state index contributed by atoms with van der Waals surface area (Å²) in [6, 6.07) is 0. The van der Waals surface area contributed by atoms with E-state index in [1.54, 1.807) is 6.92 Å². The Morgan fingerprint density at radius 3 is 3.08 bits per heavy atom. The smallest absolute Gasteiger partial charge is 0.219 e. The molecule has 1 aliphatic rings. The van der Waals surface area contributed by atoms with Crippen LogP contribution in [0, 0.1) is 5.92 Å². The van der Waals surface area contributed by atoms with Gasteiger partial charge in [-0.15, -0.1) is 0 Å². The summed E-state index contributed by atoms with van der Waals surface area (Å²) in [5.41, 5.74) is 0. The van der Waals surface area contributed by atoms with Crippen LogP contribution < -0.4 is 5.90 Å². The number of hydrogen-bond donors (Lipinski definition) is 1. The number of nitrogens with two attached hydrogens (primary N) is 1. The molecule has 2 N–H and O–H groups in total. The highest BCUT2D eigenvalue weighted by atomic mass is 16.6. The number of hydrogen-bond acceptors (Lipinski definition) is 3. The van der Waals surface area contributed by atoms with E-state index in [-0.39, 0.29) is 5.91 Å². The molecule has 0 radical (unpaired) electrons. The molecular weight excluding hydrogens is 156 g/mol. The Hall–Kier alpha value is -0.610. The van der Waals surface area contributed by atoms with Gasteiger partial charge in [0, 0.05) is 25.9 Å². The first kappa shape index (κ1) is 9.48. The third-order valence-corrected chi connectivity index (χ3v) is 2.30. The van der Waals surface area contributed by atoms with Crippen LogP contribution in [0.3, 0.4) is 0 Å². The van der Waals surface area contributed by atoms with Crippen LogP contribution in [0.15, 0.2) is 0 Å². The molecule has 1 fully saturated rings. The number of rotatable bonds is 2. The zero-order valence-electron chi connectivity index (χ0n) is 7.45. The summed E-state index contributed by atoms with van der Waals surface area (Å²) in [4.78, 5) is 17.4. The molecular formula is C8H16N2O2. The van der Waals surface area contributed by atoms with Crippen LogP contribution in [0.4, 0.5) is 0 Å². The lowest BCUT2D eigenvalue weighted by Crippen LogP contribution is -2.40. The fourth-order valence-electron chi connectivity index (χ4n) is 1.62. The molecule has 0 bridgehead atoms. The molecule has 1 aliphatic heterocycles. The van der Waals surface area contributed by atoms with Gasteiger partial charge in [-0.25, -0.2) is 5.90 Å². The molecule has 70 valence electrons. The van der Waals surface area contributed by atoms with Gasteiger partial charge in [0.05, 0.1) is 6.61 Å². The molecule has 1 amide bonds. The lowest BCUT2D eigenvalue weighted by atomic mass is 9.99. The normalized spacial score (nSPS) is 24.2. The largest absolute Gasteiger partial charge is 0.343 e. The quantitative estimate of drug-likeness (QED) is 0.602. The third kappa shape index (κ3) is 2.46. The molecule has 4 nitrogen and oxygen atoms in total. The van der Waals surface area contributed by atoms with Crippen LogP contribution in [-0.4, -0.2) is 30.5 Å². The highest BCUT2D eigenvalue weighted by Crippen LogP contribution is 2.15. The number of carbonyl (C=O) groups excluding carboxylic acids is 1. The van der Waals surface area contributed by atoms with Gasteiger partial charge in [-0.1, -0.05) is 0 Å². The molecule has 1 saturated heterocycles. The van der Waals surface area contributed by atoms with E-state index in [1.165, 1.54) is 0 Å². The lowest BCUT2D eigenvalue weighted by molar-refractivity contribution is -0.131. The average molecular weight is 172 g/mol. The Morgan fingerprint density at radius 2 is 2.50 bits per heavy atom. The predicted octanol–water partition coefficient (Wildman–Crippen LogP) is 0.135. The highest BCUT2D eigenvalue weighted by Gasteiger charge is 2.21. The minimum absolute atomic E-state index is 0.150. The minimum Gasteiger partial charge on any atom is -0.343 e. The maximum absolute atomic E-state index is 11.0. The van der Waals surface area contributed by atoms with E-state index < -0.39 is 0 Å². The third-order valence-electron chi connectivity index (χ3n) is 2.30. The molecule has 1 rings (SSSR count). The van der Waals surface area contributed by atoms with Crippen molar-refractivity contribution < 1.29 is 9.63 Å². The van der Waals surface area contributed by atoms with Crippen molar-refractivity contribution in [1.29, 1.82) is 0 Å². The van der Waals surface area contributed by atoms with Crippen LogP contribution in [0.2, 0.25) is 0 Å². The summed E-state index contributed by atoms with van der Waals surface area (Å²) in [6.07, 6.45) is 2.18. The van der Waals surface area contributed by atoms with Gasteiger partial charge < -0.3 is 9.74 Å². The number of nitrogens with zero attached hydrogens (tertiary/aromatic N) is 1. The molecule has 0 saturated carbocycles. The summed E-state index contributed by atoms with van der Waals surface area (Å²) >= 11 is 0. The summed E-state index contributed by atoms with van der Waals surface area (Å²) in [7, 11) is 0. The molecule has 12 heavy (non-hydrogen) atoms. The molecule has 0 aromatic heterocycles. The van der Waals surface area contributed by atoms with E-state index in [0.717, 1.165) is 25.9 Å². The summed E-state index contributed by atoms with van der Waals surface area (Å²) in [6.45, 7) is 3.85. The zero-order valence-corrected chi connectivity index (χ0v) is 7.45. The summed E-state index contributed by atoms with van der Waals surface area (Å²) in [5, 5.41) is 0. The Kier molecular flexibility index (Phi) is 3.49. The number of carbonyl (C=O) groups is 1. The second kappa shape index (κ2) is 4.42. The molecule has 0 spiro atoms. The fourth-order valence-corrected chi connectivity index (χ4v) is 1.62. The van der Waals surface area contributed by atoms with E-state index in [4.69, 9.17) is 5.90 Å². The SMILES string of the molecule is CC(=O)N1CCCC(CON)C1.